The Morgan fingerprint density at radius 2 is 2.13 bits per heavy atom. The number of rotatable bonds is 4. The van der Waals surface area contributed by atoms with Crippen molar-refractivity contribution in [2.24, 2.45) is 0 Å². The van der Waals surface area contributed by atoms with Gasteiger partial charge in [0.1, 0.15) is 4.88 Å². The summed E-state index contributed by atoms with van der Waals surface area (Å²) in [4.78, 5) is 14.0. The lowest BCUT2D eigenvalue weighted by Gasteiger charge is -2.07. The van der Waals surface area contributed by atoms with Gasteiger partial charge in [0.25, 0.3) is 5.91 Å². The predicted molar refractivity (Wildman–Crippen MR) is 98.7 cm³/mol. The first-order valence-corrected chi connectivity index (χ1v) is 8.63. The van der Waals surface area contributed by atoms with Crippen LogP contribution in [0.4, 0.5) is 0 Å². The van der Waals surface area contributed by atoms with Crippen LogP contribution >= 0.6 is 39.7 Å². The van der Waals surface area contributed by atoms with Crippen molar-refractivity contribution in [1.29, 1.82) is 0 Å². The van der Waals surface area contributed by atoms with Crippen molar-refractivity contribution < 1.29 is 9.53 Å². The van der Waals surface area contributed by atoms with E-state index in [0.717, 1.165) is 28.0 Å². The van der Waals surface area contributed by atoms with Crippen molar-refractivity contribution >= 4 is 45.6 Å². The lowest BCUT2D eigenvalue weighted by molar-refractivity contribution is 0.0952. The minimum atomic E-state index is -0.103. The zero-order valence-corrected chi connectivity index (χ0v) is 16.1. The van der Waals surface area contributed by atoms with Crippen LogP contribution in [-0.2, 0) is 19.6 Å². The number of hydrogen-bond acceptors (Lipinski definition) is 4. The van der Waals surface area contributed by atoms with Crippen LogP contribution in [0.1, 0.15) is 31.2 Å². The molecule has 124 valence electrons. The SMILES string of the molecule is COc1c(C(=O)NCc2ccc3c(c2)CNC3)sc(C)c1Br.Cl. The smallest absolute Gasteiger partial charge is 0.265 e. The summed E-state index contributed by atoms with van der Waals surface area (Å²) >= 11 is 4.89. The van der Waals surface area contributed by atoms with Crippen molar-refractivity contribution in [3.05, 3.63) is 49.1 Å². The Morgan fingerprint density at radius 3 is 2.87 bits per heavy atom. The van der Waals surface area contributed by atoms with Gasteiger partial charge in [0.15, 0.2) is 5.75 Å². The van der Waals surface area contributed by atoms with Crippen molar-refractivity contribution in [2.45, 2.75) is 26.6 Å². The Morgan fingerprint density at radius 1 is 1.39 bits per heavy atom. The van der Waals surface area contributed by atoms with Gasteiger partial charge in [0.05, 0.1) is 11.6 Å². The Hall–Kier alpha value is -1.08. The molecule has 23 heavy (non-hydrogen) atoms. The molecule has 2 aromatic rings. The zero-order chi connectivity index (χ0) is 15.7. The van der Waals surface area contributed by atoms with Crippen molar-refractivity contribution in [3.63, 3.8) is 0 Å². The summed E-state index contributed by atoms with van der Waals surface area (Å²) in [6, 6.07) is 6.35. The predicted octanol–water partition coefficient (Wildman–Crippen LogP) is 3.78. The molecule has 0 saturated carbocycles. The molecule has 0 aliphatic carbocycles. The summed E-state index contributed by atoms with van der Waals surface area (Å²) in [7, 11) is 1.58. The molecule has 2 heterocycles. The molecule has 3 rings (SSSR count). The van der Waals surface area contributed by atoms with E-state index in [1.165, 1.54) is 22.5 Å². The molecule has 0 radical (unpaired) electrons. The van der Waals surface area contributed by atoms with Crippen molar-refractivity contribution in [2.75, 3.05) is 7.11 Å². The van der Waals surface area contributed by atoms with E-state index in [1.54, 1.807) is 7.11 Å². The van der Waals surface area contributed by atoms with Gasteiger partial charge in [-0.2, -0.15) is 0 Å². The van der Waals surface area contributed by atoms with E-state index >= 15 is 0 Å². The third-order valence-electron chi connectivity index (χ3n) is 3.73. The molecule has 0 atom stereocenters. The lowest BCUT2D eigenvalue weighted by atomic mass is 10.1. The monoisotopic (exact) mass is 416 g/mol. The first-order valence-electron chi connectivity index (χ1n) is 7.02. The normalized spacial score (nSPS) is 12.5. The third kappa shape index (κ3) is 3.71. The molecule has 1 aliphatic rings. The van der Waals surface area contributed by atoms with Gasteiger partial charge >= 0.3 is 0 Å². The summed E-state index contributed by atoms with van der Waals surface area (Å²) < 4.78 is 6.18. The number of amides is 1. The highest BCUT2D eigenvalue weighted by Crippen LogP contribution is 2.39. The zero-order valence-electron chi connectivity index (χ0n) is 12.9. The summed E-state index contributed by atoms with van der Waals surface area (Å²) in [5.74, 6) is 0.507. The number of thiophene rings is 1. The van der Waals surface area contributed by atoms with Gasteiger partial charge in [-0.25, -0.2) is 0 Å². The fraction of sp³-hybridized carbons (Fsp3) is 0.312. The molecule has 7 heteroatoms. The van der Waals surface area contributed by atoms with Gasteiger partial charge in [-0.15, -0.1) is 23.7 Å². The Balaban J connectivity index is 0.00000192. The van der Waals surface area contributed by atoms with E-state index in [2.05, 4.69) is 44.8 Å². The summed E-state index contributed by atoms with van der Waals surface area (Å²) in [5.41, 5.74) is 3.77. The Kier molecular flexibility index (Phi) is 6.08. The largest absolute Gasteiger partial charge is 0.494 e. The van der Waals surface area contributed by atoms with Gasteiger partial charge < -0.3 is 15.4 Å². The van der Waals surface area contributed by atoms with Gasteiger partial charge in [-0.1, -0.05) is 18.2 Å². The molecule has 0 spiro atoms. The number of fused-ring (bicyclic) bond motifs is 1. The second-order valence-electron chi connectivity index (χ2n) is 5.22. The number of carbonyl (C=O) groups is 1. The van der Waals surface area contributed by atoms with E-state index in [1.807, 2.05) is 6.92 Å². The maximum Gasteiger partial charge on any atom is 0.265 e. The quantitative estimate of drug-likeness (QED) is 0.796. The molecule has 2 N–H and O–H groups in total. The van der Waals surface area contributed by atoms with E-state index < -0.39 is 0 Å². The number of hydrogen-bond donors (Lipinski definition) is 2. The molecule has 1 amide bonds. The molecule has 0 fully saturated rings. The molecule has 0 bridgehead atoms. The van der Waals surface area contributed by atoms with E-state index in [9.17, 15) is 4.79 Å². The molecule has 1 aliphatic heterocycles. The topological polar surface area (TPSA) is 50.4 Å². The third-order valence-corrected chi connectivity index (χ3v) is 6.04. The van der Waals surface area contributed by atoms with Gasteiger partial charge in [0.2, 0.25) is 0 Å². The number of halogens is 2. The maximum atomic E-state index is 12.4. The summed E-state index contributed by atoms with van der Waals surface area (Å²) in [6.07, 6.45) is 0. The highest BCUT2D eigenvalue weighted by Gasteiger charge is 2.20. The maximum absolute atomic E-state index is 12.4. The number of benzene rings is 1. The molecular formula is C16H18BrClN2O2S. The van der Waals surface area contributed by atoms with E-state index in [4.69, 9.17) is 4.74 Å². The fourth-order valence-electron chi connectivity index (χ4n) is 2.56. The first kappa shape index (κ1) is 18.3. The van der Waals surface area contributed by atoms with Crippen LogP contribution in [0.15, 0.2) is 22.7 Å². The number of nitrogens with one attached hydrogen (secondary N) is 2. The van der Waals surface area contributed by atoms with Crippen LogP contribution < -0.4 is 15.4 Å². The van der Waals surface area contributed by atoms with Crippen molar-refractivity contribution in [3.8, 4) is 5.75 Å². The Bertz CT molecular complexity index is 733. The summed E-state index contributed by atoms with van der Waals surface area (Å²) in [5, 5.41) is 6.29. The fourth-order valence-corrected chi connectivity index (χ4v) is 4.22. The van der Waals surface area contributed by atoms with E-state index in [-0.39, 0.29) is 18.3 Å². The molecular weight excluding hydrogens is 400 g/mol. The number of ether oxygens (including phenoxy) is 1. The number of carbonyl (C=O) groups excluding carboxylic acids is 1. The van der Waals surface area contributed by atoms with Gasteiger partial charge in [-0.05, 0) is 39.5 Å². The van der Waals surface area contributed by atoms with Crippen molar-refractivity contribution in [1.82, 2.24) is 10.6 Å². The standard InChI is InChI=1S/C16H17BrN2O2S.ClH/c1-9-13(17)14(21-2)15(22-9)16(20)19-6-10-3-4-11-7-18-8-12(11)5-10;/h3-5,18H,6-8H2,1-2H3,(H,19,20);1H. The minimum Gasteiger partial charge on any atom is -0.494 e. The van der Waals surface area contributed by atoms with Gasteiger partial charge in [0, 0.05) is 24.5 Å². The Labute approximate surface area is 154 Å². The molecule has 0 saturated heterocycles. The molecule has 1 aromatic heterocycles. The summed E-state index contributed by atoms with van der Waals surface area (Å²) in [6.45, 7) is 4.31. The first-order chi connectivity index (χ1) is 10.6. The highest BCUT2D eigenvalue weighted by molar-refractivity contribution is 9.10. The molecule has 0 unspecified atom stereocenters. The highest BCUT2D eigenvalue weighted by atomic mass is 79.9. The van der Waals surface area contributed by atoms with Crippen LogP contribution in [0.3, 0.4) is 0 Å². The number of aryl methyl sites for hydroxylation is 1. The molecule has 1 aromatic carbocycles. The molecule has 4 nitrogen and oxygen atoms in total. The van der Waals surface area contributed by atoms with Crippen LogP contribution in [0.2, 0.25) is 0 Å². The minimum absolute atomic E-state index is 0. The van der Waals surface area contributed by atoms with Crippen LogP contribution in [0.5, 0.6) is 5.75 Å². The average Bonchev–Trinajstić information content (AvgIpc) is 3.09. The second-order valence-corrected chi connectivity index (χ2v) is 7.24. The van der Waals surface area contributed by atoms with Gasteiger partial charge in [-0.3, -0.25) is 4.79 Å². The van der Waals surface area contributed by atoms with E-state index in [0.29, 0.717) is 17.2 Å². The van der Waals surface area contributed by atoms with Crippen LogP contribution in [-0.4, -0.2) is 13.0 Å². The second kappa shape index (κ2) is 7.66. The number of methoxy groups -OCH3 is 1. The van der Waals surface area contributed by atoms with Crippen LogP contribution in [0, 0.1) is 6.92 Å². The average molecular weight is 418 g/mol. The lowest BCUT2D eigenvalue weighted by Crippen LogP contribution is -2.22. The van der Waals surface area contributed by atoms with Crippen LogP contribution in [0.25, 0.3) is 0 Å².